The summed E-state index contributed by atoms with van der Waals surface area (Å²) in [7, 11) is 3.15. The molecule has 0 spiro atoms. The SMILES string of the molecule is COc1ccc(NCCC(=O)NCCc2ccccc2F)cc1OC. The van der Waals surface area contributed by atoms with Gasteiger partial charge in [-0.2, -0.15) is 0 Å². The van der Waals surface area contributed by atoms with Crippen LogP contribution >= 0.6 is 0 Å². The van der Waals surface area contributed by atoms with E-state index in [1.807, 2.05) is 12.1 Å². The quantitative estimate of drug-likeness (QED) is 0.733. The number of halogens is 1. The van der Waals surface area contributed by atoms with E-state index < -0.39 is 0 Å². The first-order valence-corrected chi connectivity index (χ1v) is 8.10. The lowest BCUT2D eigenvalue weighted by molar-refractivity contribution is -0.120. The summed E-state index contributed by atoms with van der Waals surface area (Å²) in [5.74, 6) is 0.956. The summed E-state index contributed by atoms with van der Waals surface area (Å²) in [5, 5.41) is 5.96. The van der Waals surface area contributed by atoms with Gasteiger partial charge in [-0.3, -0.25) is 4.79 Å². The van der Waals surface area contributed by atoms with Crippen LogP contribution < -0.4 is 20.1 Å². The number of anilines is 1. The van der Waals surface area contributed by atoms with Gasteiger partial charge in [-0.25, -0.2) is 4.39 Å². The average Bonchev–Trinajstić information content (AvgIpc) is 2.63. The summed E-state index contributed by atoms with van der Waals surface area (Å²) >= 11 is 0. The summed E-state index contributed by atoms with van der Waals surface area (Å²) < 4.78 is 23.9. The molecule has 0 aliphatic rings. The molecule has 1 amide bonds. The monoisotopic (exact) mass is 346 g/mol. The molecular formula is C19H23FN2O3. The molecule has 6 heteroatoms. The number of ether oxygens (including phenoxy) is 2. The van der Waals surface area contributed by atoms with Crippen molar-refractivity contribution in [2.75, 3.05) is 32.6 Å². The van der Waals surface area contributed by atoms with Gasteiger partial charge in [-0.15, -0.1) is 0 Å². The minimum Gasteiger partial charge on any atom is -0.493 e. The third kappa shape index (κ3) is 5.67. The summed E-state index contributed by atoms with van der Waals surface area (Å²) in [6.45, 7) is 0.900. The number of hydrogen-bond donors (Lipinski definition) is 2. The van der Waals surface area contributed by atoms with Crippen LogP contribution in [0.25, 0.3) is 0 Å². The lowest BCUT2D eigenvalue weighted by atomic mass is 10.1. The zero-order valence-corrected chi connectivity index (χ0v) is 14.5. The Kier molecular flexibility index (Phi) is 7.07. The van der Waals surface area contributed by atoms with Crippen molar-refractivity contribution in [2.45, 2.75) is 12.8 Å². The maximum atomic E-state index is 13.5. The normalized spacial score (nSPS) is 10.2. The molecule has 0 aliphatic heterocycles. The fourth-order valence-electron chi connectivity index (χ4n) is 2.39. The number of carbonyl (C=O) groups excluding carboxylic acids is 1. The van der Waals surface area contributed by atoms with Gasteiger partial charge in [0.25, 0.3) is 0 Å². The van der Waals surface area contributed by atoms with Crippen LogP contribution in [0.5, 0.6) is 11.5 Å². The molecule has 0 radical (unpaired) electrons. The minimum absolute atomic E-state index is 0.0793. The van der Waals surface area contributed by atoms with Crippen LogP contribution in [0.4, 0.5) is 10.1 Å². The summed E-state index contributed by atoms with van der Waals surface area (Å²) in [4.78, 5) is 11.8. The van der Waals surface area contributed by atoms with E-state index in [0.717, 1.165) is 5.69 Å². The number of carbonyl (C=O) groups is 1. The molecule has 2 aromatic carbocycles. The van der Waals surface area contributed by atoms with E-state index in [-0.39, 0.29) is 11.7 Å². The second kappa shape index (κ2) is 9.52. The van der Waals surface area contributed by atoms with Crippen LogP contribution in [-0.4, -0.2) is 33.2 Å². The second-order valence-corrected chi connectivity index (χ2v) is 5.44. The lowest BCUT2D eigenvalue weighted by Gasteiger charge is -2.11. The van der Waals surface area contributed by atoms with Gasteiger partial charge >= 0.3 is 0 Å². The van der Waals surface area contributed by atoms with Crippen molar-refractivity contribution in [3.63, 3.8) is 0 Å². The second-order valence-electron chi connectivity index (χ2n) is 5.44. The van der Waals surface area contributed by atoms with Crippen LogP contribution in [0.3, 0.4) is 0 Å². The van der Waals surface area contributed by atoms with Gasteiger partial charge in [-0.1, -0.05) is 18.2 Å². The molecule has 0 saturated heterocycles. The molecule has 5 nitrogen and oxygen atoms in total. The summed E-state index contributed by atoms with van der Waals surface area (Å²) in [5.41, 5.74) is 1.45. The first-order chi connectivity index (χ1) is 12.1. The highest BCUT2D eigenvalue weighted by Gasteiger charge is 2.06. The Labute approximate surface area is 147 Å². The van der Waals surface area contributed by atoms with Crippen LogP contribution in [0.2, 0.25) is 0 Å². The van der Waals surface area contributed by atoms with E-state index in [0.29, 0.717) is 43.0 Å². The average molecular weight is 346 g/mol. The van der Waals surface area contributed by atoms with Crippen molar-refractivity contribution in [1.29, 1.82) is 0 Å². The summed E-state index contributed by atoms with van der Waals surface area (Å²) in [6.07, 6.45) is 0.799. The number of benzene rings is 2. The zero-order valence-electron chi connectivity index (χ0n) is 14.5. The molecule has 0 fully saturated rings. The minimum atomic E-state index is -0.244. The van der Waals surface area contributed by atoms with Gasteiger partial charge in [0.1, 0.15) is 5.82 Å². The zero-order chi connectivity index (χ0) is 18.1. The predicted molar refractivity (Wildman–Crippen MR) is 95.8 cm³/mol. The van der Waals surface area contributed by atoms with Gasteiger partial charge in [0.15, 0.2) is 11.5 Å². The van der Waals surface area contributed by atoms with Gasteiger partial charge in [-0.05, 0) is 30.2 Å². The molecule has 0 aliphatic carbocycles. The Morgan fingerprint density at radius 3 is 2.52 bits per heavy atom. The summed E-state index contributed by atoms with van der Waals surface area (Å²) in [6, 6.07) is 12.1. The molecular weight excluding hydrogens is 323 g/mol. The predicted octanol–water partition coefficient (Wildman–Crippen LogP) is 3.00. The maximum absolute atomic E-state index is 13.5. The number of nitrogens with one attached hydrogen (secondary N) is 2. The molecule has 134 valence electrons. The van der Waals surface area contributed by atoms with Gasteiger partial charge in [0.05, 0.1) is 14.2 Å². The van der Waals surface area contributed by atoms with E-state index >= 15 is 0 Å². The van der Waals surface area contributed by atoms with Crippen LogP contribution in [-0.2, 0) is 11.2 Å². The van der Waals surface area contributed by atoms with Gasteiger partial charge in [0.2, 0.25) is 5.91 Å². The van der Waals surface area contributed by atoms with Crippen LogP contribution in [0.1, 0.15) is 12.0 Å². The molecule has 0 unspecified atom stereocenters. The molecule has 0 saturated carbocycles. The highest BCUT2D eigenvalue weighted by atomic mass is 19.1. The molecule has 0 atom stereocenters. The number of hydrogen-bond acceptors (Lipinski definition) is 4. The van der Waals surface area contributed by atoms with Crippen molar-refractivity contribution in [3.8, 4) is 11.5 Å². The van der Waals surface area contributed by atoms with Crippen LogP contribution in [0.15, 0.2) is 42.5 Å². The van der Waals surface area contributed by atoms with Crippen molar-refractivity contribution in [1.82, 2.24) is 5.32 Å². The fraction of sp³-hybridized carbons (Fsp3) is 0.316. The first kappa shape index (κ1) is 18.6. The van der Waals surface area contributed by atoms with Crippen LogP contribution in [0, 0.1) is 5.82 Å². The first-order valence-electron chi connectivity index (χ1n) is 8.10. The Morgan fingerprint density at radius 1 is 1.04 bits per heavy atom. The van der Waals surface area contributed by atoms with Crippen molar-refractivity contribution in [2.24, 2.45) is 0 Å². The van der Waals surface area contributed by atoms with E-state index in [1.165, 1.54) is 6.07 Å². The smallest absolute Gasteiger partial charge is 0.221 e. The van der Waals surface area contributed by atoms with Gasteiger partial charge in [0, 0.05) is 31.3 Å². The maximum Gasteiger partial charge on any atom is 0.221 e. The Balaban J connectivity index is 1.71. The third-order valence-corrected chi connectivity index (χ3v) is 3.74. The molecule has 0 aromatic heterocycles. The molecule has 0 heterocycles. The molecule has 2 aromatic rings. The van der Waals surface area contributed by atoms with E-state index in [4.69, 9.17) is 9.47 Å². The molecule has 0 bridgehead atoms. The van der Waals surface area contributed by atoms with E-state index in [1.54, 1.807) is 38.5 Å². The molecule has 2 N–H and O–H groups in total. The van der Waals surface area contributed by atoms with Crippen molar-refractivity contribution in [3.05, 3.63) is 53.8 Å². The van der Waals surface area contributed by atoms with Crippen molar-refractivity contribution >= 4 is 11.6 Å². The number of methoxy groups -OCH3 is 2. The Morgan fingerprint density at radius 2 is 1.80 bits per heavy atom. The van der Waals surface area contributed by atoms with Crippen molar-refractivity contribution < 1.29 is 18.7 Å². The Bertz CT molecular complexity index is 707. The Hall–Kier alpha value is -2.76. The van der Waals surface area contributed by atoms with Gasteiger partial charge < -0.3 is 20.1 Å². The number of rotatable bonds is 9. The standard InChI is InChI=1S/C19H23FN2O3/c1-24-17-8-7-15(13-18(17)25-2)21-12-10-19(23)22-11-9-14-5-3-4-6-16(14)20/h3-8,13,21H,9-12H2,1-2H3,(H,22,23). The topological polar surface area (TPSA) is 59.6 Å². The molecule has 2 rings (SSSR count). The fourth-order valence-corrected chi connectivity index (χ4v) is 2.39. The largest absolute Gasteiger partial charge is 0.493 e. The number of amides is 1. The lowest BCUT2D eigenvalue weighted by Crippen LogP contribution is -2.27. The molecule has 25 heavy (non-hydrogen) atoms. The highest BCUT2D eigenvalue weighted by molar-refractivity contribution is 5.76. The third-order valence-electron chi connectivity index (χ3n) is 3.74. The highest BCUT2D eigenvalue weighted by Crippen LogP contribution is 2.29. The van der Waals surface area contributed by atoms with E-state index in [9.17, 15) is 9.18 Å². The van der Waals surface area contributed by atoms with E-state index in [2.05, 4.69) is 10.6 Å².